The van der Waals surface area contributed by atoms with Crippen LogP contribution in [0.2, 0.25) is 0 Å². The molecule has 0 aliphatic carbocycles. The highest BCUT2D eigenvalue weighted by atomic mass is 32.2. The minimum atomic E-state index is -2.06. The molecule has 734 valence electrons. The number of likely N-dealkylation sites (N-methyl/N-ethyl adjacent to an activating group) is 3. The van der Waals surface area contributed by atoms with E-state index in [2.05, 4.69) is 58.2 Å². The van der Waals surface area contributed by atoms with Crippen molar-refractivity contribution in [3.05, 3.63) is 102 Å². The number of thioether (sulfide) groups is 1. The molecule has 0 saturated carbocycles. The number of hydrogen-bond acceptors (Lipinski definition) is 25. The number of nitrogens with one attached hydrogen (secondary N) is 11. The fourth-order valence-electron chi connectivity index (χ4n) is 16.3. The number of nitrogens with zero attached hydrogens (tertiary/aromatic N) is 6. The van der Waals surface area contributed by atoms with Crippen molar-refractivity contribution in [3.63, 3.8) is 0 Å². The van der Waals surface area contributed by atoms with Gasteiger partial charge in [-0.15, -0.1) is 11.8 Å². The fraction of sp³-hybridized carbons (Fsp3) is 0.523. The summed E-state index contributed by atoms with van der Waals surface area (Å²) in [4.78, 5) is 293. The van der Waals surface area contributed by atoms with Crippen molar-refractivity contribution in [2.75, 3.05) is 65.4 Å². The third-order valence-electron chi connectivity index (χ3n) is 23.7. The number of phenolic OH excluding ortho intramolecular Hbond substituents is 1. The number of aliphatic carboxylic acids is 3. The van der Waals surface area contributed by atoms with E-state index in [1.807, 2.05) is 0 Å². The minimum Gasteiger partial charge on any atom is -0.508 e. The highest BCUT2D eigenvalue weighted by Crippen LogP contribution is 2.29. The molecule has 0 unspecified atom stereocenters. The Morgan fingerprint density at radius 1 is 0.519 bits per heavy atom. The molecule has 5 aromatic rings. The molecule has 17 amide bonds. The smallest absolute Gasteiger partial charge is 0.323 e. The van der Waals surface area contributed by atoms with Crippen LogP contribution in [0, 0.1) is 0 Å². The molecule has 5 heterocycles. The van der Waals surface area contributed by atoms with Crippen molar-refractivity contribution in [3.8, 4) is 5.75 Å². The van der Waals surface area contributed by atoms with Crippen LogP contribution in [0.5, 0.6) is 5.75 Å². The number of H-pyrrole nitrogens is 1. The first-order valence-electron chi connectivity index (χ1n) is 44.3. The lowest BCUT2D eigenvalue weighted by atomic mass is 9.99. The lowest BCUT2D eigenvalue weighted by molar-refractivity contribution is -0.149. The van der Waals surface area contributed by atoms with Gasteiger partial charge in [-0.05, 0) is 92.9 Å². The molecule has 24 N–H and O–H groups in total. The zero-order valence-corrected chi connectivity index (χ0v) is 76.5. The summed E-state index contributed by atoms with van der Waals surface area (Å²) in [5.41, 5.74) is 25.4. The van der Waals surface area contributed by atoms with Crippen molar-refractivity contribution in [1.82, 2.24) is 87.2 Å². The number of carboxylic acids is 3. The van der Waals surface area contributed by atoms with Crippen LogP contribution in [0.4, 0.5) is 0 Å². The van der Waals surface area contributed by atoms with E-state index in [0.29, 0.717) is 63.1 Å². The number of phenols is 1. The van der Waals surface area contributed by atoms with Gasteiger partial charge in [0, 0.05) is 113 Å². The van der Waals surface area contributed by atoms with E-state index in [1.165, 1.54) is 56.0 Å². The number of aromatic nitrogens is 2. The average Bonchev–Trinajstić information content (AvgIpc) is 1.55. The number of hydrogen-bond donors (Lipinski definition) is 20. The van der Waals surface area contributed by atoms with Gasteiger partial charge in [0.1, 0.15) is 96.9 Å². The van der Waals surface area contributed by atoms with Crippen molar-refractivity contribution in [1.29, 1.82) is 0 Å². The van der Waals surface area contributed by atoms with Crippen molar-refractivity contribution < 1.29 is 121 Å². The van der Waals surface area contributed by atoms with Gasteiger partial charge in [0.05, 0.1) is 31.2 Å². The number of amides is 17. The predicted octanol–water partition coefficient (Wildman–Crippen LogP) is -4.99. The molecule has 3 saturated heterocycles. The maximum Gasteiger partial charge on any atom is 0.323 e. The van der Waals surface area contributed by atoms with Crippen LogP contribution in [0.1, 0.15) is 127 Å². The number of carboxylic acid groups (broad SMARTS) is 3. The van der Waals surface area contributed by atoms with Gasteiger partial charge in [-0.3, -0.25) is 95.9 Å². The number of benzene rings is 3. The zero-order chi connectivity index (χ0) is 99.4. The lowest BCUT2D eigenvalue weighted by Crippen LogP contribution is -2.61. The summed E-state index contributed by atoms with van der Waals surface area (Å²) in [5, 5.41) is 77.9. The topological polar surface area (TPSA) is 704 Å². The highest BCUT2D eigenvalue weighted by Gasteiger charge is 2.47. The maximum atomic E-state index is 15.9. The molecule has 0 spiro atoms. The summed E-state index contributed by atoms with van der Waals surface area (Å²) in [6.45, 7) is 1.50. The summed E-state index contributed by atoms with van der Waals surface area (Å²) < 4.78 is 1.39. The number of aromatic amines is 1. The van der Waals surface area contributed by atoms with Gasteiger partial charge in [-0.25, -0.2) is 0 Å². The van der Waals surface area contributed by atoms with Gasteiger partial charge in [0.25, 0.3) is 0 Å². The third kappa shape index (κ3) is 29.6. The standard InChI is InChI=1S/C88H121N21O25S/c1-7-9-19-65-81(127)99-58(37-73(117)118)79(125)103-63(76(122)94-40-70(92)113)44-135-45-71(114)95-59(32-47-23-25-50(110)26-24-47)84(130)104(4)46(3)75(121)100-61(36-69(91)112)87(133)108-31-15-22-66(108)82(128)102-62(38-90)80(126)97-56(27-28-72(115)116)86(132)109-42-51(111)35-68(109)83(129)98-57(33-48-39-93-54-18-13-11-16-52(48)54)78(124)96-55(29-30-89)77(123)101-60(85(131)106(6)67(20-10-8-2)88(134)105(65)5)34-49-41-107(43-74(119)120)64-21-14-12-17-53(49)64/h11-14,16-18,21,23-26,39,41,46,51,55-63,65-68,93,110-111H,7-10,15,19-20,22,27-38,40,42-45,89-90H2,1-6H3,(H2,91,112)(H2,92,113)(H,94,122)(H,95,114)(H,96,124)(H,97,126)(H,98,129)(H,99,127)(H,100,121)(H,101,123)(H,102,128)(H,103,125)(H,115,116)(H,117,118)(H,119,120)/t46-,51+,55-,56-,57-,58-,59-,60-,61+,62-,63-,65-,66-,67-,68-/m0/s1. The van der Waals surface area contributed by atoms with Gasteiger partial charge in [-0.1, -0.05) is 88.1 Å². The Morgan fingerprint density at radius 2 is 1.08 bits per heavy atom. The Kier molecular flexibility index (Phi) is 39.7. The van der Waals surface area contributed by atoms with Gasteiger partial charge in [0.2, 0.25) is 100 Å². The predicted molar refractivity (Wildman–Crippen MR) is 485 cm³/mol. The van der Waals surface area contributed by atoms with E-state index >= 15 is 33.6 Å². The van der Waals surface area contributed by atoms with Crippen LogP contribution < -0.4 is 76.1 Å². The minimum absolute atomic E-state index is 0.0986. The fourth-order valence-corrected chi connectivity index (χ4v) is 17.2. The van der Waals surface area contributed by atoms with Crippen LogP contribution >= 0.6 is 11.8 Å². The number of rotatable bonds is 27. The van der Waals surface area contributed by atoms with Gasteiger partial charge < -0.3 is 136 Å². The van der Waals surface area contributed by atoms with E-state index in [9.17, 15) is 87.9 Å². The number of aromatic hydroxyl groups is 1. The zero-order valence-electron chi connectivity index (χ0n) is 75.7. The molecule has 46 nitrogen and oxygen atoms in total. The third-order valence-corrected chi connectivity index (χ3v) is 24.7. The van der Waals surface area contributed by atoms with Crippen molar-refractivity contribution >= 4 is 152 Å². The number of fused-ring (bicyclic) bond motifs is 4. The number of unbranched alkanes of at least 4 members (excludes halogenated alkanes) is 2. The second-order valence-corrected chi connectivity index (χ2v) is 34.6. The SMILES string of the molecule is CCCC[C@H]1C(=O)N(C)[C@@H](CCCC)C(=O)N[C@@H](CC(=O)O)C(=O)N[C@H](C(=O)NCC(N)=O)CSCC(=O)N[C@@H](Cc2ccc(O)cc2)C(=O)N(C)[C@@H](C)C(=O)N[C@H](CC(N)=O)C(=O)N2CCC[C@H]2C(=O)N[C@@H](CN)C(=O)N[C@@H](CCC(=O)O)C(=O)N2C[C@H](O)C[C@H]2C(=O)N[C@@H](Cc2c[nH]c3ccccc23)C(=O)N[C@@H](CCN)C(=O)N[C@@H](Cc2cn(CC(=O)O)c3ccccc23)C(=O)N1C. The molecule has 15 atom stereocenters. The molecule has 8 rings (SSSR count). The Hall–Kier alpha value is -13.8. The Morgan fingerprint density at radius 3 is 1.73 bits per heavy atom. The summed E-state index contributed by atoms with van der Waals surface area (Å²) >= 11 is 0.653. The Balaban J connectivity index is 1.21. The van der Waals surface area contributed by atoms with Crippen molar-refractivity contribution in [2.45, 2.75) is 227 Å². The van der Waals surface area contributed by atoms with E-state index in [-0.39, 0.29) is 76.6 Å². The number of carbonyl (C=O) groups excluding carboxylic acids is 17. The molecule has 3 aromatic carbocycles. The molecule has 0 radical (unpaired) electrons. The van der Waals surface area contributed by atoms with Crippen LogP contribution in [0.3, 0.4) is 0 Å². The van der Waals surface area contributed by atoms with Crippen molar-refractivity contribution in [2.24, 2.45) is 22.9 Å². The van der Waals surface area contributed by atoms with E-state index in [4.69, 9.17) is 22.9 Å². The molecule has 47 heteroatoms. The normalized spacial score (nSPS) is 24.7. The summed E-state index contributed by atoms with van der Waals surface area (Å²) in [5.74, 6) is -24.0. The second kappa shape index (κ2) is 50.3. The van der Waals surface area contributed by atoms with E-state index in [0.717, 1.165) is 31.5 Å². The molecular weight excluding hydrogens is 1780 g/mol. The number of primary amides is 2. The first-order chi connectivity index (χ1) is 64.1. The van der Waals surface area contributed by atoms with Gasteiger partial charge >= 0.3 is 17.9 Å². The van der Waals surface area contributed by atoms with E-state index < -0.39 is 285 Å². The first-order valence-corrected chi connectivity index (χ1v) is 45.4. The van der Waals surface area contributed by atoms with Crippen LogP contribution in [0.15, 0.2) is 85.2 Å². The largest absolute Gasteiger partial charge is 0.508 e. The van der Waals surface area contributed by atoms with Crippen LogP contribution in [0.25, 0.3) is 21.8 Å². The number of nitrogens with two attached hydrogens (primary N) is 4. The van der Waals surface area contributed by atoms with Gasteiger partial charge in [0.15, 0.2) is 0 Å². The van der Waals surface area contributed by atoms with Gasteiger partial charge in [-0.2, -0.15) is 0 Å². The number of aliphatic hydroxyl groups excluding tert-OH is 1. The van der Waals surface area contributed by atoms with Crippen LogP contribution in [-0.4, -0.2) is 334 Å². The number of carbonyl (C=O) groups is 20. The summed E-state index contributed by atoms with van der Waals surface area (Å²) in [6, 6.07) is -5.19. The molecule has 3 aliphatic rings. The molecule has 2 aromatic heterocycles. The lowest BCUT2D eigenvalue weighted by Gasteiger charge is -2.36. The molecule has 135 heavy (non-hydrogen) atoms. The average molecular weight is 1910 g/mol. The maximum absolute atomic E-state index is 15.9. The van der Waals surface area contributed by atoms with E-state index in [1.54, 1.807) is 68.6 Å². The Labute approximate surface area is 780 Å². The highest BCUT2D eigenvalue weighted by molar-refractivity contribution is 8.00. The second-order valence-electron chi connectivity index (χ2n) is 33.6. The quantitative estimate of drug-likeness (QED) is 0.0234. The summed E-state index contributed by atoms with van der Waals surface area (Å²) in [7, 11) is 3.63. The van der Waals surface area contributed by atoms with Crippen LogP contribution in [-0.2, 0) is 122 Å². The first kappa shape index (κ1) is 107. The Bertz CT molecular complexity index is 5190. The molecule has 0 bridgehead atoms. The number of aliphatic hydroxyl groups is 1. The number of para-hydroxylation sites is 2. The monoisotopic (exact) mass is 1900 g/mol. The molecule has 3 aliphatic heterocycles. The molecule has 3 fully saturated rings. The summed E-state index contributed by atoms with van der Waals surface area (Å²) in [6.07, 6.45) is -3.10. The molecular formula is C88H121N21O25S.